The molecule has 1 N–H and O–H groups in total. The number of nitrogens with one attached hydrogen (secondary N) is 1. The molecular weight excluding hydrogens is 416 g/mol. The Labute approximate surface area is 194 Å². The molecule has 0 amide bonds. The van der Waals surface area contributed by atoms with Gasteiger partial charge in [-0.3, -0.25) is 14.4 Å². The minimum absolute atomic E-state index is 0. The topological polar surface area (TPSA) is 101 Å². The lowest BCUT2D eigenvalue weighted by Gasteiger charge is -2.35. The van der Waals surface area contributed by atoms with Crippen LogP contribution >= 0.6 is 0 Å². The number of carbonyl (C=O) groups is 3. The minimum atomic E-state index is -0.233. The molecule has 1 rings (SSSR count). The highest BCUT2D eigenvalue weighted by molar-refractivity contribution is 5.70. The Hall–Kier alpha value is -1.75. The lowest BCUT2D eigenvalue weighted by atomic mass is 10.2. The number of carbonyl (C=O) groups excluding carboxylic acids is 3. The fraction of sp³-hybridized carbons (Fsp3) is 0.864. The maximum atomic E-state index is 11.5. The zero-order chi connectivity index (χ0) is 23.6. The van der Waals surface area contributed by atoms with Gasteiger partial charge in [0.15, 0.2) is 0 Å². The lowest BCUT2D eigenvalue weighted by molar-refractivity contribution is -0.142. The Morgan fingerprint density at radius 2 is 1.19 bits per heavy atom. The molecule has 32 heavy (non-hydrogen) atoms. The molecule has 1 heterocycles. The molecule has 0 aromatic rings. The first-order valence-corrected chi connectivity index (χ1v) is 11.6. The van der Waals surface area contributed by atoms with Gasteiger partial charge in [-0.05, 0) is 39.0 Å². The second kappa shape index (κ2) is 17.8. The molecule has 188 valence electrons. The molecule has 0 spiro atoms. The molecule has 0 aliphatic carbocycles. The number of piperazine rings is 1. The summed E-state index contributed by atoms with van der Waals surface area (Å²) in [6.45, 7) is 9.90. The van der Waals surface area contributed by atoms with E-state index in [0.717, 1.165) is 65.2 Å². The van der Waals surface area contributed by atoms with E-state index in [1.165, 1.54) is 21.3 Å². The number of hydrogen-bond acceptors (Lipinski definition) is 10. The standard InChI is InChI=1S/C22H42N4O6.H2/c1-30-20(27)6-10-23-9-4-11-25-16-18-26(19-17-25)13-5-12-24(14-7-21(28)31-2)15-8-22(29)32-3;/h23H,4-19H2,1-3H3;1H. The SMILES string of the molecule is COC(=O)CCNCCCN1CCN(CCCN(CCC(=O)OC)CCC(=O)OC)CC1.[HH]. The Morgan fingerprint density at radius 3 is 1.69 bits per heavy atom. The van der Waals surface area contributed by atoms with Crippen molar-refractivity contribution >= 4 is 17.9 Å². The summed E-state index contributed by atoms with van der Waals surface area (Å²) in [5.74, 6) is -0.644. The predicted octanol–water partition coefficient (Wildman–Crippen LogP) is 0.211. The number of nitrogens with zero attached hydrogens (tertiary/aromatic N) is 3. The monoisotopic (exact) mass is 460 g/mol. The van der Waals surface area contributed by atoms with Gasteiger partial charge in [0.2, 0.25) is 0 Å². The molecule has 10 heteroatoms. The van der Waals surface area contributed by atoms with Gasteiger partial charge in [0.05, 0.1) is 40.6 Å². The molecule has 0 saturated carbocycles. The van der Waals surface area contributed by atoms with Crippen molar-refractivity contribution in [3.8, 4) is 0 Å². The molecular formula is C22H44N4O6. The lowest BCUT2D eigenvalue weighted by Crippen LogP contribution is -2.47. The smallest absolute Gasteiger partial charge is 0.306 e. The first-order chi connectivity index (χ1) is 15.5. The summed E-state index contributed by atoms with van der Waals surface area (Å²) in [4.78, 5) is 41.1. The van der Waals surface area contributed by atoms with Crippen LogP contribution in [0.3, 0.4) is 0 Å². The first-order valence-electron chi connectivity index (χ1n) is 11.6. The fourth-order valence-electron chi connectivity index (χ4n) is 3.64. The van der Waals surface area contributed by atoms with Crippen LogP contribution in [-0.4, -0.2) is 126 Å². The van der Waals surface area contributed by atoms with Crippen molar-refractivity contribution in [3.05, 3.63) is 0 Å². The van der Waals surface area contributed by atoms with E-state index in [4.69, 9.17) is 9.47 Å². The fourth-order valence-corrected chi connectivity index (χ4v) is 3.64. The van der Waals surface area contributed by atoms with Gasteiger partial charge in [0, 0.05) is 47.2 Å². The molecule has 0 aromatic carbocycles. The summed E-state index contributed by atoms with van der Waals surface area (Å²) in [6, 6.07) is 0. The van der Waals surface area contributed by atoms with Gasteiger partial charge in [0.1, 0.15) is 0 Å². The molecule has 1 aliphatic rings. The summed E-state index contributed by atoms with van der Waals surface area (Å²) in [5.41, 5.74) is 0. The van der Waals surface area contributed by atoms with Crippen molar-refractivity contribution in [1.82, 2.24) is 20.0 Å². The van der Waals surface area contributed by atoms with Crippen molar-refractivity contribution in [3.63, 3.8) is 0 Å². The maximum Gasteiger partial charge on any atom is 0.306 e. The van der Waals surface area contributed by atoms with Gasteiger partial charge in [-0.1, -0.05) is 0 Å². The Morgan fingerprint density at radius 1 is 0.719 bits per heavy atom. The minimum Gasteiger partial charge on any atom is -0.469 e. The van der Waals surface area contributed by atoms with Gasteiger partial charge in [-0.2, -0.15) is 0 Å². The van der Waals surface area contributed by atoms with Crippen LogP contribution in [0.4, 0.5) is 0 Å². The molecule has 1 aliphatic heterocycles. The van der Waals surface area contributed by atoms with Crippen LogP contribution < -0.4 is 5.32 Å². The molecule has 1 saturated heterocycles. The molecule has 0 radical (unpaired) electrons. The maximum absolute atomic E-state index is 11.5. The van der Waals surface area contributed by atoms with Crippen LogP contribution in [0.1, 0.15) is 33.5 Å². The third-order valence-corrected chi connectivity index (χ3v) is 5.69. The average Bonchev–Trinajstić information content (AvgIpc) is 2.82. The van der Waals surface area contributed by atoms with Crippen molar-refractivity contribution in [2.75, 3.05) is 93.3 Å². The van der Waals surface area contributed by atoms with Crippen LogP contribution in [0.15, 0.2) is 0 Å². The second-order valence-corrected chi connectivity index (χ2v) is 7.96. The number of ether oxygens (including phenoxy) is 3. The molecule has 0 atom stereocenters. The predicted molar refractivity (Wildman–Crippen MR) is 123 cm³/mol. The average molecular weight is 461 g/mol. The van der Waals surface area contributed by atoms with Crippen molar-refractivity contribution in [1.29, 1.82) is 0 Å². The van der Waals surface area contributed by atoms with E-state index < -0.39 is 0 Å². The van der Waals surface area contributed by atoms with E-state index >= 15 is 0 Å². The van der Waals surface area contributed by atoms with E-state index in [0.29, 0.717) is 38.9 Å². The van der Waals surface area contributed by atoms with E-state index in [-0.39, 0.29) is 19.3 Å². The van der Waals surface area contributed by atoms with Crippen LogP contribution in [0.5, 0.6) is 0 Å². The number of methoxy groups -OCH3 is 3. The summed E-state index contributed by atoms with van der Waals surface area (Å²) < 4.78 is 14.1. The van der Waals surface area contributed by atoms with Gasteiger partial charge in [-0.15, -0.1) is 0 Å². The zero-order valence-corrected chi connectivity index (χ0v) is 20.1. The van der Waals surface area contributed by atoms with Crippen LogP contribution in [0.25, 0.3) is 0 Å². The third kappa shape index (κ3) is 13.6. The summed E-state index contributed by atoms with van der Waals surface area (Å²) >= 11 is 0. The van der Waals surface area contributed by atoms with Crippen molar-refractivity contribution in [2.45, 2.75) is 32.1 Å². The zero-order valence-electron chi connectivity index (χ0n) is 20.1. The normalized spacial score (nSPS) is 15.0. The van der Waals surface area contributed by atoms with E-state index in [1.807, 2.05) is 0 Å². The summed E-state index contributed by atoms with van der Waals surface area (Å²) in [6.07, 6.45) is 3.13. The summed E-state index contributed by atoms with van der Waals surface area (Å²) in [5, 5.41) is 3.28. The van der Waals surface area contributed by atoms with Gasteiger partial charge in [0.25, 0.3) is 0 Å². The molecule has 10 nitrogen and oxygen atoms in total. The molecule has 0 bridgehead atoms. The number of hydrogen-bond donors (Lipinski definition) is 1. The Balaban J connectivity index is 0.0000102. The van der Waals surface area contributed by atoms with Crippen molar-refractivity contribution < 1.29 is 30.0 Å². The highest BCUT2D eigenvalue weighted by atomic mass is 16.5. The Bertz CT molecular complexity index is 527. The Kier molecular flexibility index (Phi) is 15.7. The van der Waals surface area contributed by atoms with Crippen LogP contribution in [-0.2, 0) is 28.6 Å². The number of rotatable bonds is 17. The quantitative estimate of drug-likeness (QED) is 0.184. The largest absolute Gasteiger partial charge is 0.469 e. The summed E-state index contributed by atoms with van der Waals surface area (Å²) in [7, 11) is 4.19. The molecule has 1 fully saturated rings. The second-order valence-electron chi connectivity index (χ2n) is 7.96. The van der Waals surface area contributed by atoms with Gasteiger partial charge >= 0.3 is 17.9 Å². The van der Waals surface area contributed by atoms with Gasteiger partial charge < -0.3 is 34.2 Å². The van der Waals surface area contributed by atoms with Crippen LogP contribution in [0, 0.1) is 0 Å². The van der Waals surface area contributed by atoms with E-state index in [1.54, 1.807) is 0 Å². The van der Waals surface area contributed by atoms with E-state index in [9.17, 15) is 14.4 Å². The molecule has 0 aromatic heterocycles. The third-order valence-electron chi connectivity index (χ3n) is 5.69. The number of esters is 3. The highest BCUT2D eigenvalue weighted by Gasteiger charge is 2.17. The molecule has 0 unspecified atom stereocenters. The highest BCUT2D eigenvalue weighted by Crippen LogP contribution is 2.05. The van der Waals surface area contributed by atoms with Crippen molar-refractivity contribution in [2.24, 2.45) is 0 Å². The first kappa shape index (κ1) is 28.3. The van der Waals surface area contributed by atoms with Crippen LogP contribution in [0.2, 0.25) is 0 Å². The van der Waals surface area contributed by atoms with E-state index in [2.05, 4.69) is 24.8 Å². The van der Waals surface area contributed by atoms with Gasteiger partial charge in [-0.25, -0.2) is 0 Å².